The van der Waals surface area contributed by atoms with E-state index < -0.39 is 11.8 Å². The molecule has 0 radical (unpaired) electrons. The summed E-state index contributed by atoms with van der Waals surface area (Å²) in [6.07, 6.45) is 4.77. The second-order valence-electron chi connectivity index (χ2n) is 8.45. The minimum absolute atomic E-state index is 0.0236. The predicted octanol–water partition coefficient (Wildman–Crippen LogP) is 4.46. The van der Waals surface area contributed by atoms with Crippen LogP contribution in [0.5, 0.6) is 0 Å². The molecule has 6 nitrogen and oxygen atoms in total. The van der Waals surface area contributed by atoms with Crippen LogP contribution in [0.25, 0.3) is 10.9 Å². The van der Waals surface area contributed by atoms with Crippen molar-refractivity contribution in [3.63, 3.8) is 0 Å². The quantitative estimate of drug-likeness (QED) is 0.650. The second-order valence-corrected chi connectivity index (χ2v) is 8.45. The molecule has 1 aliphatic heterocycles. The number of benzene rings is 1. The number of hydrogen-bond acceptors (Lipinski definition) is 3. The molecule has 0 saturated carbocycles. The Morgan fingerprint density at radius 2 is 2.03 bits per heavy atom. The molecule has 1 amide bonds. The third-order valence-corrected chi connectivity index (χ3v) is 6.63. The maximum absolute atomic E-state index is 14.2. The summed E-state index contributed by atoms with van der Waals surface area (Å²) in [5.41, 5.74) is 1.65. The molecule has 2 aromatic heterocycles. The summed E-state index contributed by atoms with van der Waals surface area (Å²) in [6, 6.07) is 6.32. The molecule has 32 heavy (non-hydrogen) atoms. The maximum atomic E-state index is 14.2. The fourth-order valence-electron chi connectivity index (χ4n) is 4.93. The van der Waals surface area contributed by atoms with Crippen LogP contribution in [-0.2, 0) is 23.6 Å². The van der Waals surface area contributed by atoms with E-state index in [4.69, 9.17) is 4.74 Å². The molecule has 0 bridgehead atoms. The van der Waals surface area contributed by atoms with Gasteiger partial charge in [0, 0.05) is 55.9 Å². The summed E-state index contributed by atoms with van der Waals surface area (Å²) in [6.45, 7) is 3.67. The normalized spacial score (nSPS) is 18.1. The molecule has 1 fully saturated rings. The van der Waals surface area contributed by atoms with Crippen molar-refractivity contribution in [2.24, 2.45) is 0 Å². The monoisotopic (exact) mass is 441 g/mol. The molecule has 0 spiro atoms. The number of carbonyl (C=O) groups excluding carboxylic acids is 1. The van der Waals surface area contributed by atoms with Gasteiger partial charge in [-0.25, -0.2) is 8.78 Å². The van der Waals surface area contributed by atoms with Gasteiger partial charge in [-0.15, -0.1) is 0 Å². The average molecular weight is 441 g/mol. The van der Waals surface area contributed by atoms with Crippen LogP contribution in [0.15, 0.2) is 41.5 Å². The number of amides is 1. The lowest BCUT2D eigenvalue weighted by Gasteiger charge is -2.25. The minimum atomic E-state index is -2.88. The van der Waals surface area contributed by atoms with E-state index in [-0.39, 0.29) is 30.0 Å². The first-order valence-electron chi connectivity index (χ1n) is 11.0. The fourth-order valence-corrected chi connectivity index (χ4v) is 4.93. The molecular formula is C24H25F2N3O3. The van der Waals surface area contributed by atoms with Gasteiger partial charge in [-0.2, -0.15) is 0 Å². The van der Waals surface area contributed by atoms with Crippen molar-refractivity contribution in [2.45, 2.75) is 51.1 Å². The molecule has 2 aliphatic rings. The highest BCUT2D eigenvalue weighted by molar-refractivity contribution is 6.12. The zero-order valence-electron chi connectivity index (χ0n) is 17.9. The third kappa shape index (κ3) is 3.33. The van der Waals surface area contributed by atoms with Crippen LogP contribution in [0.4, 0.5) is 14.5 Å². The number of carbonyl (C=O) groups is 1. The lowest BCUT2D eigenvalue weighted by Crippen LogP contribution is -2.30. The number of anilines is 1. The molecule has 0 unspecified atom stereocenters. The highest BCUT2D eigenvalue weighted by Gasteiger charge is 2.40. The number of halogens is 2. The number of hydrogen-bond donors (Lipinski definition) is 1. The smallest absolute Gasteiger partial charge is 0.273 e. The Morgan fingerprint density at radius 3 is 2.78 bits per heavy atom. The first-order valence-corrected chi connectivity index (χ1v) is 11.0. The van der Waals surface area contributed by atoms with E-state index in [1.807, 2.05) is 11.5 Å². The van der Waals surface area contributed by atoms with E-state index in [9.17, 15) is 18.4 Å². The van der Waals surface area contributed by atoms with E-state index in [1.165, 1.54) is 6.07 Å². The van der Waals surface area contributed by atoms with Crippen molar-refractivity contribution in [3.05, 3.63) is 63.7 Å². The van der Waals surface area contributed by atoms with Gasteiger partial charge in [-0.1, -0.05) is 12.1 Å². The van der Waals surface area contributed by atoms with Gasteiger partial charge in [-0.3, -0.25) is 9.59 Å². The average Bonchev–Trinajstić information content (AvgIpc) is 3.36. The molecular weight excluding hydrogens is 416 g/mol. The number of nitrogens with one attached hydrogen (secondary N) is 1. The molecule has 0 atom stereocenters. The van der Waals surface area contributed by atoms with E-state index in [0.717, 1.165) is 0 Å². The Morgan fingerprint density at radius 1 is 1.25 bits per heavy atom. The molecule has 1 aliphatic carbocycles. The van der Waals surface area contributed by atoms with Crippen LogP contribution >= 0.6 is 0 Å². The van der Waals surface area contributed by atoms with E-state index in [0.29, 0.717) is 60.3 Å². The van der Waals surface area contributed by atoms with Crippen molar-refractivity contribution in [1.29, 1.82) is 0 Å². The molecule has 1 N–H and O–H groups in total. The van der Waals surface area contributed by atoms with Crippen LogP contribution in [0.1, 0.15) is 53.7 Å². The van der Waals surface area contributed by atoms with Gasteiger partial charge in [0.25, 0.3) is 17.4 Å². The Balaban J connectivity index is 1.60. The van der Waals surface area contributed by atoms with Gasteiger partial charge in [0.15, 0.2) is 0 Å². The molecule has 168 valence electrons. The number of aromatic nitrogens is 2. The first kappa shape index (κ1) is 20.9. The Hall–Kier alpha value is -3.00. The van der Waals surface area contributed by atoms with Gasteiger partial charge in [-0.05, 0) is 43.9 Å². The van der Waals surface area contributed by atoms with E-state index >= 15 is 0 Å². The molecule has 3 heterocycles. The highest BCUT2D eigenvalue weighted by atomic mass is 19.3. The van der Waals surface area contributed by atoms with Crippen LogP contribution in [0.3, 0.4) is 0 Å². The lowest BCUT2D eigenvalue weighted by atomic mass is 10.1. The van der Waals surface area contributed by atoms with Crippen molar-refractivity contribution in [1.82, 2.24) is 9.13 Å². The van der Waals surface area contributed by atoms with Crippen molar-refractivity contribution in [2.75, 3.05) is 18.5 Å². The SMILES string of the molecule is CCn1ccc2c(=O)n(C3CCOCC3)cc(C(=O)Nc3cccc4c3CCC4(F)F)c21. The van der Waals surface area contributed by atoms with E-state index in [2.05, 4.69) is 5.32 Å². The molecule has 5 rings (SSSR count). The number of fused-ring (bicyclic) bond motifs is 2. The molecule has 3 aromatic rings. The Labute approximate surface area is 183 Å². The number of pyridine rings is 1. The predicted molar refractivity (Wildman–Crippen MR) is 118 cm³/mol. The summed E-state index contributed by atoms with van der Waals surface area (Å²) in [5, 5.41) is 3.34. The molecule has 8 heteroatoms. The van der Waals surface area contributed by atoms with Gasteiger partial charge in [0.05, 0.1) is 16.5 Å². The van der Waals surface area contributed by atoms with Crippen LogP contribution in [0.2, 0.25) is 0 Å². The van der Waals surface area contributed by atoms with Gasteiger partial charge in [0.2, 0.25) is 0 Å². The molecule has 1 aromatic carbocycles. The zero-order chi connectivity index (χ0) is 22.5. The van der Waals surface area contributed by atoms with Crippen LogP contribution in [0, 0.1) is 0 Å². The van der Waals surface area contributed by atoms with Crippen molar-refractivity contribution in [3.8, 4) is 0 Å². The standard InChI is InChI=1S/C24H25F2N3O3/c1-2-28-11-7-17-21(28)18(14-29(23(17)31)15-8-12-32-13-9-15)22(30)27-20-5-3-4-19-16(20)6-10-24(19,25)26/h3-5,7,11,14-15H,2,6,8-10,12-13H2,1H3,(H,27,30). The largest absolute Gasteiger partial charge is 0.381 e. The van der Waals surface area contributed by atoms with Gasteiger partial charge < -0.3 is 19.2 Å². The Kier molecular flexibility index (Phi) is 5.12. The van der Waals surface area contributed by atoms with Gasteiger partial charge in [0.1, 0.15) is 0 Å². The number of nitrogens with zero attached hydrogens (tertiary/aromatic N) is 2. The summed E-state index contributed by atoms with van der Waals surface area (Å²) in [5.74, 6) is -3.29. The minimum Gasteiger partial charge on any atom is -0.381 e. The Bertz CT molecular complexity index is 1260. The van der Waals surface area contributed by atoms with Crippen molar-refractivity contribution < 1.29 is 18.3 Å². The second kappa shape index (κ2) is 7.85. The summed E-state index contributed by atoms with van der Waals surface area (Å²) in [7, 11) is 0. The maximum Gasteiger partial charge on any atom is 0.273 e. The van der Waals surface area contributed by atoms with Gasteiger partial charge >= 0.3 is 0 Å². The highest BCUT2D eigenvalue weighted by Crippen LogP contribution is 2.44. The zero-order valence-corrected chi connectivity index (χ0v) is 17.9. The van der Waals surface area contributed by atoms with Crippen LogP contribution in [-0.4, -0.2) is 28.3 Å². The molecule has 1 saturated heterocycles. The lowest BCUT2D eigenvalue weighted by molar-refractivity contribution is -0.00184. The van der Waals surface area contributed by atoms with E-state index in [1.54, 1.807) is 35.2 Å². The number of alkyl halides is 2. The summed E-state index contributed by atoms with van der Waals surface area (Å²) < 4.78 is 37.3. The van der Waals surface area contributed by atoms with Crippen molar-refractivity contribution >= 4 is 22.5 Å². The third-order valence-electron chi connectivity index (χ3n) is 6.63. The number of aryl methyl sites for hydroxylation is 1. The topological polar surface area (TPSA) is 65.3 Å². The first-order chi connectivity index (χ1) is 15.4. The summed E-state index contributed by atoms with van der Waals surface area (Å²) >= 11 is 0. The van der Waals surface area contributed by atoms with Crippen LogP contribution < -0.4 is 10.9 Å². The summed E-state index contributed by atoms with van der Waals surface area (Å²) in [4.78, 5) is 26.7. The number of ether oxygens (including phenoxy) is 1. The number of rotatable bonds is 4. The fraction of sp³-hybridized carbons (Fsp3) is 0.417.